The Labute approximate surface area is 201 Å². The van der Waals surface area contributed by atoms with Gasteiger partial charge in [-0.3, -0.25) is 9.78 Å². The molecule has 8 heteroatoms. The summed E-state index contributed by atoms with van der Waals surface area (Å²) in [6.07, 6.45) is 3.42. The maximum Gasteiger partial charge on any atom is 0.248 e. The van der Waals surface area contributed by atoms with Crippen LogP contribution in [0.5, 0.6) is 5.75 Å². The molecule has 3 N–H and O–H groups in total. The summed E-state index contributed by atoms with van der Waals surface area (Å²) in [6, 6.07) is 18.9. The summed E-state index contributed by atoms with van der Waals surface area (Å²) in [6.45, 7) is 5.81. The summed E-state index contributed by atoms with van der Waals surface area (Å²) < 4.78 is 8.73. The summed E-state index contributed by atoms with van der Waals surface area (Å²) in [7, 11) is 1.61. The molecule has 2 aromatic carbocycles. The highest BCUT2D eigenvalue weighted by Gasteiger charge is 2.16. The average Bonchev–Trinajstić information content (AvgIpc) is 2.88. The van der Waals surface area contributed by atoms with Gasteiger partial charge >= 0.3 is 0 Å². The molecule has 0 radical (unpaired) electrons. The first-order chi connectivity index (χ1) is 16.5. The molecule has 2 heterocycles. The Hall–Kier alpha value is -4.17. The van der Waals surface area contributed by atoms with Gasteiger partial charge in [0, 0.05) is 39.4 Å². The minimum absolute atomic E-state index is 0.239. The number of aromatic nitrogens is 3. The Morgan fingerprint density at radius 1 is 1.09 bits per heavy atom. The van der Waals surface area contributed by atoms with Crippen molar-refractivity contribution in [2.45, 2.75) is 6.92 Å². The maximum absolute atomic E-state index is 12.0. The number of carbonyl (C=O) groups is 1. The Balaban J connectivity index is 1.78. The number of hydrogen-bond acceptors (Lipinski definition) is 7. The molecule has 170 valence electrons. The molecule has 7 nitrogen and oxygen atoms in total. The van der Waals surface area contributed by atoms with Gasteiger partial charge in [0.05, 0.1) is 12.6 Å². The number of nitrogens with one attached hydrogen (secondary N) is 1. The lowest BCUT2D eigenvalue weighted by atomic mass is 9.98. The van der Waals surface area contributed by atoms with E-state index in [0.717, 1.165) is 26.9 Å². The van der Waals surface area contributed by atoms with Gasteiger partial charge in [-0.05, 0) is 54.8 Å². The van der Waals surface area contributed by atoms with Crippen LogP contribution in [0, 0.1) is 0 Å². The van der Waals surface area contributed by atoms with Gasteiger partial charge in [-0.25, -0.2) is 9.97 Å². The fraction of sp³-hybridized carbons (Fsp3) is 0.0769. The fourth-order valence-corrected chi connectivity index (χ4v) is 4.18. The highest BCUT2D eigenvalue weighted by Crippen LogP contribution is 2.34. The van der Waals surface area contributed by atoms with Crippen LogP contribution in [0.15, 0.2) is 90.1 Å². The van der Waals surface area contributed by atoms with Gasteiger partial charge in [0.2, 0.25) is 5.91 Å². The van der Waals surface area contributed by atoms with Crippen molar-refractivity contribution in [1.29, 1.82) is 0 Å². The topological polar surface area (TPSA) is 103 Å². The van der Waals surface area contributed by atoms with Crippen LogP contribution in [-0.4, -0.2) is 28.0 Å². The standard InChI is InChI=1S/C26H23N5O2S/c1-16(24(27)32)23(18-8-5-4-6-9-18)17(2)34-31-26-21-14-20(33-3)11-12-22(21)29-25(30-26)19-10-7-13-28-15-19/h4-15H,1H2,2-3H3,(H2,27,32)(H,29,30,31)/b23-17+. The van der Waals surface area contributed by atoms with Gasteiger partial charge < -0.3 is 15.2 Å². The second-order valence-electron chi connectivity index (χ2n) is 7.36. The number of fused-ring (bicyclic) bond motifs is 1. The van der Waals surface area contributed by atoms with Gasteiger partial charge in [-0.2, -0.15) is 0 Å². The molecule has 2 aromatic heterocycles. The zero-order chi connectivity index (χ0) is 24.1. The van der Waals surface area contributed by atoms with E-state index in [-0.39, 0.29) is 5.57 Å². The number of primary amides is 1. The van der Waals surface area contributed by atoms with Crippen LogP contribution in [0.2, 0.25) is 0 Å². The average molecular weight is 470 g/mol. The van der Waals surface area contributed by atoms with Crippen LogP contribution >= 0.6 is 11.9 Å². The van der Waals surface area contributed by atoms with Crippen LogP contribution in [0.1, 0.15) is 12.5 Å². The number of nitrogens with zero attached hydrogens (tertiary/aromatic N) is 3. The molecule has 0 aliphatic carbocycles. The van der Waals surface area contributed by atoms with E-state index < -0.39 is 5.91 Å². The van der Waals surface area contributed by atoms with E-state index in [1.165, 1.54) is 11.9 Å². The lowest BCUT2D eigenvalue weighted by Gasteiger charge is -2.15. The number of nitrogens with two attached hydrogens (primary N) is 1. The van der Waals surface area contributed by atoms with Crippen molar-refractivity contribution >= 4 is 40.1 Å². The highest BCUT2D eigenvalue weighted by atomic mass is 32.2. The molecule has 0 bridgehead atoms. The number of ether oxygens (including phenoxy) is 1. The number of rotatable bonds is 8. The second-order valence-corrected chi connectivity index (χ2v) is 8.39. The molecule has 0 saturated heterocycles. The third-order valence-electron chi connectivity index (χ3n) is 5.14. The van der Waals surface area contributed by atoms with Gasteiger partial charge in [0.1, 0.15) is 11.6 Å². The van der Waals surface area contributed by atoms with E-state index in [1.807, 2.05) is 67.6 Å². The van der Waals surface area contributed by atoms with Crippen molar-refractivity contribution in [2.75, 3.05) is 11.8 Å². The molecule has 34 heavy (non-hydrogen) atoms. The van der Waals surface area contributed by atoms with E-state index in [4.69, 9.17) is 20.4 Å². The minimum Gasteiger partial charge on any atom is -0.497 e. The van der Waals surface area contributed by atoms with E-state index in [0.29, 0.717) is 23.0 Å². The van der Waals surface area contributed by atoms with Crippen LogP contribution in [-0.2, 0) is 4.79 Å². The Morgan fingerprint density at radius 3 is 2.56 bits per heavy atom. The van der Waals surface area contributed by atoms with Crippen molar-refractivity contribution < 1.29 is 9.53 Å². The molecule has 0 unspecified atom stereocenters. The fourth-order valence-electron chi connectivity index (χ4n) is 3.43. The van der Waals surface area contributed by atoms with Crippen molar-refractivity contribution in [3.05, 3.63) is 95.7 Å². The predicted molar refractivity (Wildman–Crippen MR) is 138 cm³/mol. The Bertz CT molecular complexity index is 1390. The molecule has 1 amide bonds. The third-order valence-corrected chi connectivity index (χ3v) is 5.94. The lowest BCUT2D eigenvalue weighted by molar-refractivity contribution is -0.114. The summed E-state index contributed by atoms with van der Waals surface area (Å²) >= 11 is 1.32. The quantitative estimate of drug-likeness (QED) is 0.207. The molecule has 0 aliphatic rings. The van der Waals surface area contributed by atoms with E-state index in [2.05, 4.69) is 16.3 Å². The van der Waals surface area contributed by atoms with Crippen LogP contribution in [0.3, 0.4) is 0 Å². The van der Waals surface area contributed by atoms with E-state index in [1.54, 1.807) is 19.5 Å². The maximum atomic E-state index is 12.0. The highest BCUT2D eigenvalue weighted by molar-refractivity contribution is 8.04. The number of pyridine rings is 1. The molecule has 0 aliphatic heterocycles. The molecule has 4 aromatic rings. The van der Waals surface area contributed by atoms with Crippen LogP contribution < -0.4 is 15.2 Å². The smallest absolute Gasteiger partial charge is 0.248 e. The van der Waals surface area contributed by atoms with E-state index in [9.17, 15) is 4.79 Å². The molecule has 0 spiro atoms. The zero-order valence-electron chi connectivity index (χ0n) is 18.8. The van der Waals surface area contributed by atoms with Crippen molar-refractivity contribution in [1.82, 2.24) is 15.0 Å². The number of amides is 1. The molecule has 4 rings (SSSR count). The molecule has 0 atom stereocenters. The third kappa shape index (κ3) is 4.92. The van der Waals surface area contributed by atoms with Crippen molar-refractivity contribution in [3.63, 3.8) is 0 Å². The first-order valence-corrected chi connectivity index (χ1v) is 11.2. The number of benzene rings is 2. The zero-order valence-corrected chi connectivity index (χ0v) is 19.6. The van der Waals surface area contributed by atoms with Gasteiger partial charge in [-0.1, -0.05) is 36.9 Å². The van der Waals surface area contributed by atoms with Gasteiger partial charge in [0.25, 0.3) is 0 Å². The number of anilines is 1. The number of carbonyl (C=O) groups excluding carboxylic acids is 1. The number of hydrogen-bond donors (Lipinski definition) is 2. The molecular formula is C26H23N5O2S. The van der Waals surface area contributed by atoms with Crippen molar-refractivity contribution in [2.24, 2.45) is 5.73 Å². The summed E-state index contributed by atoms with van der Waals surface area (Å²) in [4.78, 5) is 26.4. The number of allylic oxidation sites excluding steroid dienone is 1. The Morgan fingerprint density at radius 2 is 1.88 bits per heavy atom. The lowest BCUT2D eigenvalue weighted by Crippen LogP contribution is -2.15. The summed E-state index contributed by atoms with van der Waals surface area (Å²) in [5.74, 6) is 1.26. The normalized spacial score (nSPS) is 11.6. The summed E-state index contributed by atoms with van der Waals surface area (Å²) in [5, 5.41) is 0.794. The largest absolute Gasteiger partial charge is 0.497 e. The monoisotopic (exact) mass is 469 g/mol. The first kappa shape index (κ1) is 23.0. The summed E-state index contributed by atoms with van der Waals surface area (Å²) in [5.41, 5.74) is 8.88. The first-order valence-electron chi connectivity index (χ1n) is 10.4. The number of methoxy groups -OCH3 is 1. The van der Waals surface area contributed by atoms with Crippen LogP contribution in [0.4, 0.5) is 5.82 Å². The molecule has 0 saturated carbocycles. The van der Waals surface area contributed by atoms with Crippen molar-refractivity contribution in [3.8, 4) is 17.1 Å². The van der Waals surface area contributed by atoms with E-state index >= 15 is 0 Å². The predicted octanol–water partition coefficient (Wildman–Crippen LogP) is 5.23. The SMILES string of the molecule is C=C(C(N)=O)/C(=C(/C)SNc1nc(-c2cccnc2)nc2ccc(OC)cc12)c1ccccc1. The molecule has 0 fully saturated rings. The van der Waals surface area contributed by atoms with Gasteiger partial charge in [-0.15, -0.1) is 0 Å². The minimum atomic E-state index is -0.574. The van der Waals surface area contributed by atoms with Crippen LogP contribution in [0.25, 0.3) is 27.9 Å². The second kappa shape index (κ2) is 10.2. The Kier molecular flexibility index (Phi) is 6.89. The van der Waals surface area contributed by atoms with Gasteiger partial charge in [0.15, 0.2) is 5.82 Å². The molecular weight excluding hydrogens is 446 g/mol.